The Morgan fingerprint density at radius 3 is 2.19 bits per heavy atom. The maximum atomic E-state index is 10.4. The number of hydrogen-bond donors (Lipinski definition) is 1. The molecule has 0 heterocycles. The highest BCUT2D eigenvalue weighted by Crippen LogP contribution is 2.27. The molecule has 0 spiro atoms. The van der Waals surface area contributed by atoms with Gasteiger partial charge in [-0.1, -0.05) is 56.3 Å². The molecule has 1 N–H and O–H groups in total. The topological polar surface area (TPSA) is 29.5 Å². The molecule has 0 bridgehead atoms. The minimum atomic E-state index is -0.631. The minimum absolute atomic E-state index is 0.298. The van der Waals surface area contributed by atoms with Crippen LogP contribution in [0.15, 0.2) is 48.5 Å². The van der Waals surface area contributed by atoms with Crippen molar-refractivity contribution in [2.75, 3.05) is 0 Å². The van der Waals surface area contributed by atoms with E-state index in [1.807, 2.05) is 44.2 Å². The van der Waals surface area contributed by atoms with Gasteiger partial charge in [0.05, 0.1) is 0 Å². The van der Waals surface area contributed by atoms with Crippen LogP contribution in [0.5, 0.6) is 5.75 Å². The van der Waals surface area contributed by atoms with Crippen LogP contribution in [-0.4, -0.2) is 11.2 Å². The van der Waals surface area contributed by atoms with Gasteiger partial charge < -0.3 is 9.84 Å². The van der Waals surface area contributed by atoms with Gasteiger partial charge in [0.25, 0.3) is 0 Å². The molecule has 2 nitrogen and oxygen atoms in total. The molecule has 0 amide bonds. The molecule has 2 aromatic rings. The van der Waals surface area contributed by atoms with Crippen LogP contribution in [0.2, 0.25) is 0 Å². The second kappa shape index (κ2) is 6.77. The Hall–Kier alpha value is -1.80. The van der Waals surface area contributed by atoms with Gasteiger partial charge in [0.2, 0.25) is 0 Å². The molecule has 0 saturated carbocycles. The fourth-order valence-corrected chi connectivity index (χ4v) is 2.29. The number of ether oxygens (including phenoxy) is 1. The largest absolute Gasteiger partial charge is 0.487 e. The zero-order chi connectivity index (χ0) is 15.4. The highest BCUT2D eigenvalue weighted by atomic mass is 16.5. The standard InChI is InChI=1S/C19H24O2/c1-13(2)17-11-10-14(3)18(12-17)21-15(4)19(20)16-8-6-5-7-9-16/h5-13,15,19-20H,1-4H3. The van der Waals surface area contributed by atoms with Crippen LogP contribution in [0.4, 0.5) is 0 Å². The summed E-state index contributed by atoms with van der Waals surface area (Å²) in [5, 5.41) is 10.4. The summed E-state index contributed by atoms with van der Waals surface area (Å²) in [6, 6.07) is 15.9. The summed E-state index contributed by atoms with van der Waals surface area (Å²) in [5.74, 6) is 1.31. The zero-order valence-electron chi connectivity index (χ0n) is 13.2. The fraction of sp³-hybridized carbons (Fsp3) is 0.368. The Balaban J connectivity index is 2.15. The molecular weight excluding hydrogens is 260 g/mol. The van der Waals surface area contributed by atoms with Crippen LogP contribution in [-0.2, 0) is 0 Å². The van der Waals surface area contributed by atoms with Crippen molar-refractivity contribution in [1.82, 2.24) is 0 Å². The Bertz CT molecular complexity index is 575. The lowest BCUT2D eigenvalue weighted by Crippen LogP contribution is -2.22. The molecule has 0 aliphatic heterocycles. The molecule has 2 aromatic carbocycles. The molecule has 0 fully saturated rings. The van der Waals surface area contributed by atoms with Crippen molar-refractivity contribution < 1.29 is 9.84 Å². The van der Waals surface area contributed by atoms with E-state index in [1.165, 1.54) is 5.56 Å². The van der Waals surface area contributed by atoms with Gasteiger partial charge in [-0.05, 0) is 42.5 Å². The molecule has 0 aromatic heterocycles. The maximum absolute atomic E-state index is 10.4. The van der Waals surface area contributed by atoms with Gasteiger partial charge in [0.15, 0.2) is 0 Å². The normalized spacial score (nSPS) is 14.0. The summed E-state index contributed by atoms with van der Waals surface area (Å²) in [5.41, 5.74) is 3.21. The maximum Gasteiger partial charge on any atom is 0.126 e. The zero-order valence-corrected chi connectivity index (χ0v) is 13.2. The molecule has 2 atom stereocenters. The Morgan fingerprint density at radius 1 is 0.905 bits per heavy atom. The van der Waals surface area contributed by atoms with Gasteiger partial charge in [0, 0.05) is 0 Å². The third-order valence-electron chi connectivity index (χ3n) is 3.78. The SMILES string of the molecule is Cc1ccc(C(C)C)cc1OC(C)C(O)c1ccccc1. The van der Waals surface area contributed by atoms with E-state index in [1.54, 1.807) is 0 Å². The third-order valence-corrected chi connectivity index (χ3v) is 3.78. The lowest BCUT2D eigenvalue weighted by Gasteiger charge is -2.22. The smallest absolute Gasteiger partial charge is 0.126 e. The molecular formula is C19H24O2. The highest BCUT2D eigenvalue weighted by molar-refractivity contribution is 5.38. The molecule has 0 saturated heterocycles. The Morgan fingerprint density at radius 2 is 1.57 bits per heavy atom. The average Bonchev–Trinajstić information content (AvgIpc) is 2.49. The van der Waals surface area contributed by atoms with Crippen molar-refractivity contribution in [3.8, 4) is 5.75 Å². The van der Waals surface area contributed by atoms with Crippen LogP contribution in [0, 0.1) is 6.92 Å². The molecule has 112 valence electrons. The van der Waals surface area contributed by atoms with Gasteiger partial charge in [-0.2, -0.15) is 0 Å². The number of aliphatic hydroxyl groups is 1. The van der Waals surface area contributed by atoms with Crippen molar-refractivity contribution in [1.29, 1.82) is 0 Å². The summed E-state index contributed by atoms with van der Waals surface area (Å²) in [6.07, 6.45) is -0.929. The van der Waals surface area contributed by atoms with E-state index < -0.39 is 6.10 Å². The summed E-state index contributed by atoms with van der Waals surface area (Å²) in [4.78, 5) is 0. The highest BCUT2D eigenvalue weighted by Gasteiger charge is 2.18. The van der Waals surface area contributed by atoms with Crippen molar-refractivity contribution in [2.24, 2.45) is 0 Å². The van der Waals surface area contributed by atoms with E-state index in [9.17, 15) is 5.11 Å². The first-order valence-electron chi connectivity index (χ1n) is 7.49. The van der Waals surface area contributed by atoms with Gasteiger partial charge in [-0.3, -0.25) is 0 Å². The molecule has 0 aliphatic rings. The van der Waals surface area contributed by atoms with E-state index in [0.717, 1.165) is 16.9 Å². The van der Waals surface area contributed by atoms with Gasteiger partial charge in [-0.25, -0.2) is 0 Å². The van der Waals surface area contributed by atoms with Gasteiger partial charge in [0.1, 0.15) is 18.0 Å². The Kier molecular flexibility index (Phi) is 5.03. The van der Waals surface area contributed by atoms with Crippen molar-refractivity contribution >= 4 is 0 Å². The van der Waals surface area contributed by atoms with Crippen LogP contribution >= 0.6 is 0 Å². The summed E-state index contributed by atoms with van der Waals surface area (Å²) < 4.78 is 6.00. The molecule has 2 heteroatoms. The lowest BCUT2D eigenvalue weighted by molar-refractivity contribution is 0.0463. The predicted molar refractivity (Wildman–Crippen MR) is 86.8 cm³/mol. The Labute approximate surface area is 127 Å². The minimum Gasteiger partial charge on any atom is -0.487 e. The predicted octanol–water partition coefficient (Wildman–Crippen LogP) is 4.62. The van der Waals surface area contributed by atoms with Gasteiger partial charge >= 0.3 is 0 Å². The van der Waals surface area contributed by atoms with Crippen LogP contribution in [0.3, 0.4) is 0 Å². The summed E-state index contributed by atoms with van der Waals surface area (Å²) in [7, 11) is 0. The number of aliphatic hydroxyl groups excluding tert-OH is 1. The quantitative estimate of drug-likeness (QED) is 0.868. The van der Waals surface area contributed by atoms with Crippen LogP contribution in [0.1, 0.15) is 49.5 Å². The van der Waals surface area contributed by atoms with E-state index in [-0.39, 0.29) is 6.10 Å². The molecule has 0 aliphatic carbocycles. The van der Waals surface area contributed by atoms with Crippen LogP contribution < -0.4 is 4.74 Å². The van der Waals surface area contributed by atoms with Gasteiger partial charge in [-0.15, -0.1) is 0 Å². The molecule has 2 rings (SSSR count). The number of hydrogen-bond acceptors (Lipinski definition) is 2. The average molecular weight is 284 g/mol. The molecule has 0 radical (unpaired) electrons. The van der Waals surface area contributed by atoms with E-state index >= 15 is 0 Å². The van der Waals surface area contributed by atoms with Crippen molar-refractivity contribution in [2.45, 2.75) is 45.8 Å². The van der Waals surface area contributed by atoms with E-state index in [0.29, 0.717) is 5.92 Å². The van der Waals surface area contributed by atoms with Crippen LogP contribution in [0.25, 0.3) is 0 Å². The summed E-state index contributed by atoms with van der Waals surface area (Å²) in [6.45, 7) is 8.26. The van der Waals surface area contributed by atoms with Crippen molar-refractivity contribution in [3.63, 3.8) is 0 Å². The fourth-order valence-electron chi connectivity index (χ4n) is 2.29. The summed E-state index contributed by atoms with van der Waals surface area (Å²) >= 11 is 0. The molecule has 2 unspecified atom stereocenters. The lowest BCUT2D eigenvalue weighted by atomic mass is 10.0. The first-order valence-corrected chi connectivity index (χ1v) is 7.49. The van der Waals surface area contributed by atoms with E-state index in [4.69, 9.17) is 4.74 Å². The number of benzene rings is 2. The second-order valence-corrected chi connectivity index (χ2v) is 5.86. The van der Waals surface area contributed by atoms with E-state index in [2.05, 4.69) is 32.0 Å². The second-order valence-electron chi connectivity index (χ2n) is 5.86. The molecule has 21 heavy (non-hydrogen) atoms. The van der Waals surface area contributed by atoms with Crippen molar-refractivity contribution in [3.05, 3.63) is 65.2 Å². The number of aryl methyl sites for hydroxylation is 1. The number of rotatable bonds is 5. The third kappa shape index (κ3) is 3.85. The first kappa shape index (κ1) is 15.6. The monoisotopic (exact) mass is 284 g/mol. The first-order chi connectivity index (χ1) is 9.99.